The molecule has 35 heavy (non-hydrogen) atoms. The first-order valence-electron chi connectivity index (χ1n) is 11.1. The highest BCUT2D eigenvalue weighted by Crippen LogP contribution is 2.58. The van der Waals surface area contributed by atoms with Crippen LogP contribution in [0.15, 0.2) is 30.3 Å². The van der Waals surface area contributed by atoms with Crippen molar-refractivity contribution in [3.05, 3.63) is 35.9 Å². The number of nitrogens with one attached hydrogen (secondary N) is 2. The highest BCUT2D eigenvalue weighted by atomic mass is 32.2. The van der Waals surface area contributed by atoms with E-state index in [0.717, 1.165) is 12.7 Å². The van der Waals surface area contributed by atoms with Crippen LogP contribution in [-0.2, 0) is 44.9 Å². The van der Waals surface area contributed by atoms with Gasteiger partial charge in [0, 0.05) is 18.3 Å². The van der Waals surface area contributed by atoms with Gasteiger partial charge in [0.2, 0.25) is 5.91 Å². The monoisotopic (exact) mass is 510 g/mol. The van der Waals surface area contributed by atoms with Crippen molar-refractivity contribution < 1.29 is 41.8 Å². The third-order valence-corrected chi connectivity index (χ3v) is 8.38. The van der Waals surface area contributed by atoms with Gasteiger partial charge in [-0.25, -0.2) is 18.0 Å². The van der Waals surface area contributed by atoms with Crippen LogP contribution in [0.25, 0.3) is 0 Å². The Bertz CT molecular complexity index is 1080. The van der Waals surface area contributed by atoms with Crippen LogP contribution in [0.1, 0.15) is 26.3 Å². The van der Waals surface area contributed by atoms with E-state index in [-0.39, 0.29) is 19.5 Å². The molecule has 0 radical (unpaired) electrons. The molecule has 1 aliphatic heterocycles. The minimum atomic E-state index is -3.79. The lowest BCUT2D eigenvalue weighted by atomic mass is 9.92. The molecule has 192 valence electrons. The first kappa shape index (κ1) is 26.5. The summed E-state index contributed by atoms with van der Waals surface area (Å²) in [5.74, 6) is -3.85. The predicted octanol–water partition coefficient (Wildman–Crippen LogP) is 0.366. The van der Waals surface area contributed by atoms with Gasteiger partial charge in [-0.1, -0.05) is 30.3 Å². The van der Waals surface area contributed by atoms with Crippen molar-refractivity contribution in [1.29, 1.82) is 0 Å². The molecular formula is C23H30N2O9S. The van der Waals surface area contributed by atoms with E-state index in [1.165, 1.54) is 0 Å². The number of fused-ring (bicyclic) bond motifs is 1. The van der Waals surface area contributed by atoms with Gasteiger partial charge in [-0.05, 0) is 26.3 Å². The summed E-state index contributed by atoms with van der Waals surface area (Å²) in [6.45, 7) is 4.99. The van der Waals surface area contributed by atoms with Crippen LogP contribution >= 0.6 is 0 Å². The topological polar surface area (TPSA) is 154 Å². The molecule has 2 fully saturated rings. The Kier molecular flexibility index (Phi) is 7.44. The van der Waals surface area contributed by atoms with Crippen molar-refractivity contribution in [2.24, 2.45) is 11.8 Å². The first-order chi connectivity index (χ1) is 16.3. The van der Waals surface area contributed by atoms with E-state index in [4.69, 9.17) is 14.2 Å². The van der Waals surface area contributed by atoms with Crippen molar-refractivity contribution in [2.45, 2.75) is 49.6 Å². The highest BCUT2D eigenvalue weighted by molar-refractivity contribution is 7.92. The maximum Gasteiger partial charge on any atom is 0.408 e. The molecule has 1 aliphatic carbocycles. The van der Waals surface area contributed by atoms with E-state index in [1.54, 1.807) is 51.1 Å². The van der Waals surface area contributed by atoms with Crippen LogP contribution in [0.5, 0.6) is 0 Å². The van der Waals surface area contributed by atoms with Gasteiger partial charge >= 0.3 is 12.1 Å². The second-order valence-corrected chi connectivity index (χ2v) is 11.9. The zero-order valence-electron chi connectivity index (χ0n) is 20.0. The average Bonchev–Trinajstić information content (AvgIpc) is 3.45. The fraction of sp³-hybridized carbons (Fsp3) is 0.565. The van der Waals surface area contributed by atoms with Crippen molar-refractivity contribution in [1.82, 2.24) is 10.6 Å². The van der Waals surface area contributed by atoms with Crippen LogP contribution in [0.3, 0.4) is 0 Å². The SMILES string of the molecule is COC(=O)[C@]1(NC(=O)[C@H](Cc2ccccc2)NC(=O)OC(C)(C)C)CS(=O)(=O)[C@H]2[C@H](COC=O)[C@H]21. The van der Waals surface area contributed by atoms with Crippen molar-refractivity contribution in [2.75, 3.05) is 19.5 Å². The summed E-state index contributed by atoms with van der Waals surface area (Å²) in [5, 5.41) is 4.15. The number of hydrogen-bond donors (Lipinski definition) is 2. The number of rotatable bonds is 9. The molecular weight excluding hydrogens is 480 g/mol. The Morgan fingerprint density at radius 1 is 1.20 bits per heavy atom. The number of ether oxygens (including phenoxy) is 3. The molecule has 3 rings (SSSR count). The third kappa shape index (κ3) is 5.75. The summed E-state index contributed by atoms with van der Waals surface area (Å²) in [6.07, 6.45) is -0.789. The fourth-order valence-electron chi connectivity index (χ4n) is 4.70. The van der Waals surface area contributed by atoms with Gasteiger partial charge in [0.05, 0.1) is 24.7 Å². The Labute approximate surface area is 203 Å². The van der Waals surface area contributed by atoms with Crippen molar-refractivity contribution in [3.63, 3.8) is 0 Å². The van der Waals surface area contributed by atoms with E-state index in [0.29, 0.717) is 0 Å². The van der Waals surface area contributed by atoms with Crippen LogP contribution in [0.2, 0.25) is 0 Å². The van der Waals surface area contributed by atoms with E-state index in [9.17, 15) is 27.6 Å². The van der Waals surface area contributed by atoms with Crippen molar-refractivity contribution >= 4 is 34.3 Å². The van der Waals surface area contributed by atoms with Crippen molar-refractivity contribution in [3.8, 4) is 0 Å². The maximum absolute atomic E-state index is 13.5. The van der Waals surface area contributed by atoms with E-state index in [2.05, 4.69) is 10.6 Å². The summed E-state index contributed by atoms with van der Waals surface area (Å²) >= 11 is 0. The molecule has 12 heteroatoms. The summed E-state index contributed by atoms with van der Waals surface area (Å²) in [5.41, 5.74) is -1.98. The summed E-state index contributed by atoms with van der Waals surface area (Å²) < 4.78 is 40.5. The third-order valence-electron chi connectivity index (χ3n) is 6.05. The number of alkyl carbamates (subject to hydrolysis) is 1. The lowest BCUT2D eigenvalue weighted by Gasteiger charge is -2.32. The minimum absolute atomic E-state index is 0.0572. The van der Waals surface area contributed by atoms with Gasteiger partial charge in [-0.2, -0.15) is 0 Å². The molecule has 0 unspecified atom stereocenters. The number of sulfone groups is 1. The molecule has 2 N–H and O–H groups in total. The number of esters is 1. The second kappa shape index (κ2) is 9.84. The van der Waals surface area contributed by atoms with Crippen LogP contribution in [0.4, 0.5) is 4.79 Å². The second-order valence-electron chi connectivity index (χ2n) is 9.73. The van der Waals surface area contributed by atoms with Gasteiger partial charge in [-0.15, -0.1) is 0 Å². The number of carbonyl (C=O) groups is 4. The molecule has 5 atom stereocenters. The molecule has 0 bridgehead atoms. The Hall–Kier alpha value is -3.15. The van der Waals surface area contributed by atoms with E-state index >= 15 is 0 Å². The maximum atomic E-state index is 13.5. The summed E-state index contributed by atoms with van der Waals surface area (Å²) in [7, 11) is -2.70. The van der Waals surface area contributed by atoms with Gasteiger partial charge in [0.15, 0.2) is 15.4 Å². The van der Waals surface area contributed by atoms with Crippen LogP contribution in [0, 0.1) is 11.8 Å². The van der Waals surface area contributed by atoms with Gasteiger partial charge < -0.3 is 24.8 Å². The number of benzene rings is 1. The zero-order valence-corrected chi connectivity index (χ0v) is 20.8. The Balaban J connectivity index is 1.89. The summed E-state index contributed by atoms with van der Waals surface area (Å²) in [4.78, 5) is 49.4. The Morgan fingerprint density at radius 3 is 2.43 bits per heavy atom. The minimum Gasteiger partial charge on any atom is -0.468 e. The van der Waals surface area contributed by atoms with Gasteiger partial charge in [-0.3, -0.25) is 9.59 Å². The van der Waals surface area contributed by atoms with Gasteiger partial charge in [0.1, 0.15) is 11.6 Å². The molecule has 0 aromatic heterocycles. The molecule has 1 saturated carbocycles. The molecule has 0 spiro atoms. The zero-order chi connectivity index (χ0) is 26.0. The number of methoxy groups -OCH3 is 1. The molecule has 1 aromatic rings. The number of amides is 2. The van der Waals surface area contributed by atoms with E-state index < -0.39 is 67.8 Å². The molecule has 1 saturated heterocycles. The first-order valence-corrected chi connectivity index (χ1v) is 12.8. The smallest absolute Gasteiger partial charge is 0.408 e. The fourth-order valence-corrected chi connectivity index (χ4v) is 7.48. The van der Waals surface area contributed by atoms with E-state index in [1.807, 2.05) is 0 Å². The highest BCUT2D eigenvalue weighted by Gasteiger charge is 2.77. The predicted molar refractivity (Wildman–Crippen MR) is 123 cm³/mol. The number of carbonyl (C=O) groups excluding carboxylic acids is 4. The molecule has 1 aromatic carbocycles. The molecule has 11 nitrogen and oxygen atoms in total. The standard InChI is InChI=1S/C23H30N2O9S/c1-22(2,3)34-21(29)24-16(10-14-8-6-5-7-9-14)19(27)25-23(20(28)32-4)12-35(30,31)18-15(17(18)23)11-33-13-26/h5-9,13,15-18H,10-12H2,1-4H3,(H,24,29)(H,25,27)/t15-,16+,17-,18+,23+/m1/s1. The van der Waals surface area contributed by atoms with Crippen LogP contribution < -0.4 is 10.6 Å². The summed E-state index contributed by atoms with van der Waals surface area (Å²) in [6, 6.07) is 7.67. The van der Waals surface area contributed by atoms with Gasteiger partial charge in [0.25, 0.3) is 6.47 Å². The molecule has 2 aliphatic rings. The lowest BCUT2D eigenvalue weighted by molar-refractivity contribution is -0.151. The Morgan fingerprint density at radius 2 is 1.86 bits per heavy atom. The largest absolute Gasteiger partial charge is 0.468 e. The number of hydrogen-bond acceptors (Lipinski definition) is 9. The van der Waals surface area contributed by atoms with Crippen LogP contribution in [-0.4, -0.2) is 74.8 Å². The average molecular weight is 511 g/mol. The normalized spacial score (nSPS) is 27.0. The molecule has 1 heterocycles. The lowest BCUT2D eigenvalue weighted by Crippen LogP contribution is -2.63. The quantitative estimate of drug-likeness (QED) is 0.272. The molecule has 2 amide bonds.